The Hall–Kier alpha value is -1.88. The van der Waals surface area contributed by atoms with Crippen LogP contribution in [0.4, 0.5) is 0 Å². The van der Waals surface area contributed by atoms with E-state index in [1.54, 1.807) is 0 Å². The van der Waals surface area contributed by atoms with Gasteiger partial charge >= 0.3 is 0 Å². The van der Waals surface area contributed by atoms with E-state index in [1.165, 1.54) is 19.5 Å². The first-order valence-corrected chi connectivity index (χ1v) is 8.98. The molecule has 2 atom stereocenters. The second-order valence-corrected chi connectivity index (χ2v) is 7.37. The second kappa shape index (κ2) is 7.34. The average Bonchev–Trinajstić information content (AvgIpc) is 2.89. The van der Waals surface area contributed by atoms with Crippen LogP contribution in [-0.2, 0) is 0 Å². The lowest BCUT2D eigenvalue weighted by molar-refractivity contribution is 0.0947. The number of hydrogen-bond acceptors (Lipinski definition) is 3. The maximum Gasteiger partial charge on any atom is 0.251 e. The molecule has 0 bridgehead atoms. The standard InChI is InChI=1S/C19H28N4O/c1-13-9-14(2)12-23(11-13)8-4-7-20-19(24)16-5-6-17-18(10-16)22-15(3)21-17/h5-6,10,13-14H,4,7-9,11-12H2,1-3H3,(H,20,24)(H,21,22)/t13-,14-/m1/s1. The van der Waals surface area contributed by atoms with Gasteiger partial charge in [0.15, 0.2) is 0 Å². The molecule has 0 unspecified atom stereocenters. The largest absolute Gasteiger partial charge is 0.352 e. The van der Waals surface area contributed by atoms with Crippen LogP contribution in [0.1, 0.15) is 42.9 Å². The first-order valence-electron chi connectivity index (χ1n) is 8.98. The number of carbonyl (C=O) groups excluding carboxylic acids is 1. The summed E-state index contributed by atoms with van der Waals surface area (Å²) in [7, 11) is 0. The van der Waals surface area contributed by atoms with Gasteiger partial charge in [0, 0.05) is 25.2 Å². The minimum atomic E-state index is -0.00969. The predicted molar refractivity (Wildman–Crippen MR) is 97.2 cm³/mol. The molecule has 1 amide bonds. The number of benzene rings is 1. The van der Waals surface area contributed by atoms with E-state index in [9.17, 15) is 4.79 Å². The molecule has 0 aliphatic carbocycles. The number of hydrogen-bond donors (Lipinski definition) is 2. The van der Waals surface area contributed by atoms with Gasteiger partial charge in [-0.2, -0.15) is 0 Å². The van der Waals surface area contributed by atoms with Gasteiger partial charge in [-0.15, -0.1) is 0 Å². The van der Waals surface area contributed by atoms with Gasteiger partial charge < -0.3 is 15.2 Å². The van der Waals surface area contributed by atoms with E-state index >= 15 is 0 Å². The molecule has 2 N–H and O–H groups in total. The van der Waals surface area contributed by atoms with E-state index < -0.39 is 0 Å². The molecular formula is C19H28N4O. The molecule has 1 aromatic heterocycles. The van der Waals surface area contributed by atoms with E-state index in [0.29, 0.717) is 5.56 Å². The van der Waals surface area contributed by atoms with Crippen LogP contribution in [0, 0.1) is 18.8 Å². The Bertz CT molecular complexity index is 698. The van der Waals surface area contributed by atoms with E-state index in [-0.39, 0.29) is 5.91 Å². The molecule has 3 rings (SSSR count). The monoisotopic (exact) mass is 328 g/mol. The van der Waals surface area contributed by atoms with Crippen molar-refractivity contribution in [2.75, 3.05) is 26.2 Å². The molecule has 1 fully saturated rings. The number of aromatic nitrogens is 2. The Kier molecular flexibility index (Phi) is 5.19. The molecule has 0 saturated carbocycles. The highest BCUT2D eigenvalue weighted by Crippen LogP contribution is 2.20. The molecule has 0 spiro atoms. The lowest BCUT2D eigenvalue weighted by Gasteiger charge is -2.34. The fraction of sp³-hybridized carbons (Fsp3) is 0.579. The maximum absolute atomic E-state index is 12.3. The van der Waals surface area contributed by atoms with Crippen LogP contribution in [0.15, 0.2) is 18.2 Å². The Balaban J connectivity index is 1.46. The fourth-order valence-corrected chi connectivity index (χ4v) is 3.86. The molecule has 130 valence electrons. The summed E-state index contributed by atoms with van der Waals surface area (Å²) in [5.41, 5.74) is 2.50. The Morgan fingerprint density at radius 1 is 1.33 bits per heavy atom. The van der Waals surface area contributed by atoms with Crippen molar-refractivity contribution in [3.63, 3.8) is 0 Å². The van der Waals surface area contributed by atoms with Crippen molar-refractivity contribution < 1.29 is 4.79 Å². The molecule has 1 aliphatic rings. The van der Waals surface area contributed by atoms with E-state index in [0.717, 1.165) is 48.2 Å². The second-order valence-electron chi connectivity index (χ2n) is 7.37. The summed E-state index contributed by atoms with van der Waals surface area (Å²) in [6.07, 6.45) is 2.33. The van der Waals surface area contributed by atoms with Crippen LogP contribution in [0.5, 0.6) is 0 Å². The van der Waals surface area contributed by atoms with Gasteiger partial charge in [-0.1, -0.05) is 13.8 Å². The third-order valence-electron chi connectivity index (χ3n) is 4.74. The minimum Gasteiger partial charge on any atom is -0.352 e. The highest BCUT2D eigenvalue weighted by molar-refractivity contribution is 5.97. The number of fused-ring (bicyclic) bond motifs is 1. The third-order valence-corrected chi connectivity index (χ3v) is 4.74. The van der Waals surface area contributed by atoms with Gasteiger partial charge in [-0.25, -0.2) is 4.98 Å². The van der Waals surface area contributed by atoms with Crippen LogP contribution in [-0.4, -0.2) is 47.0 Å². The molecule has 5 nitrogen and oxygen atoms in total. The predicted octanol–water partition coefficient (Wildman–Crippen LogP) is 2.97. The number of piperidine rings is 1. The zero-order chi connectivity index (χ0) is 17.1. The summed E-state index contributed by atoms with van der Waals surface area (Å²) >= 11 is 0. The summed E-state index contributed by atoms with van der Waals surface area (Å²) in [5, 5.41) is 3.03. The van der Waals surface area contributed by atoms with E-state index in [4.69, 9.17) is 0 Å². The van der Waals surface area contributed by atoms with Gasteiger partial charge in [0.05, 0.1) is 11.0 Å². The van der Waals surface area contributed by atoms with E-state index in [1.807, 2.05) is 25.1 Å². The van der Waals surface area contributed by atoms with Gasteiger partial charge in [0.2, 0.25) is 0 Å². The smallest absolute Gasteiger partial charge is 0.251 e. The Labute approximate surface area is 143 Å². The first kappa shape index (κ1) is 17.0. The first-order chi connectivity index (χ1) is 11.5. The zero-order valence-electron chi connectivity index (χ0n) is 14.9. The highest BCUT2D eigenvalue weighted by atomic mass is 16.1. The molecule has 1 saturated heterocycles. The zero-order valence-corrected chi connectivity index (χ0v) is 14.9. The number of H-pyrrole nitrogens is 1. The van der Waals surface area contributed by atoms with Crippen LogP contribution in [0.3, 0.4) is 0 Å². The van der Waals surface area contributed by atoms with Crippen molar-refractivity contribution >= 4 is 16.9 Å². The molecule has 1 aromatic carbocycles. The summed E-state index contributed by atoms with van der Waals surface area (Å²) in [6.45, 7) is 10.7. The number of amides is 1. The van der Waals surface area contributed by atoms with E-state index in [2.05, 4.69) is 34.0 Å². The van der Waals surface area contributed by atoms with Crippen molar-refractivity contribution in [3.05, 3.63) is 29.6 Å². The number of rotatable bonds is 5. The number of aromatic amines is 1. The molecule has 5 heteroatoms. The molecule has 2 heterocycles. The van der Waals surface area contributed by atoms with Gasteiger partial charge in [0.25, 0.3) is 5.91 Å². The third kappa shape index (κ3) is 4.15. The molecular weight excluding hydrogens is 300 g/mol. The summed E-state index contributed by atoms with van der Waals surface area (Å²) in [6, 6.07) is 5.61. The van der Waals surface area contributed by atoms with Crippen molar-refractivity contribution in [1.29, 1.82) is 0 Å². The summed E-state index contributed by atoms with van der Waals surface area (Å²) < 4.78 is 0. The summed E-state index contributed by atoms with van der Waals surface area (Å²) in [4.78, 5) is 22.4. The quantitative estimate of drug-likeness (QED) is 0.830. The van der Waals surface area contributed by atoms with Crippen LogP contribution >= 0.6 is 0 Å². The number of nitrogens with one attached hydrogen (secondary N) is 2. The van der Waals surface area contributed by atoms with Crippen LogP contribution in [0.25, 0.3) is 11.0 Å². The summed E-state index contributed by atoms with van der Waals surface area (Å²) in [5.74, 6) is 2.43. The van der Waals surface area contributed by atoms with Gasteiger partial charge in [-0.05, 0) is 56.3 Å². The van der Waals surface area contributed by atoms with Crippen molar-refractivity contribution in [3.8, 4) is 0 Å². The number of aryl methyl sites for hydroxylation is 1. The lowest BCUT2D eigenvalue weighted by Crippen LogP contribution is -2.40. The SMILES string of the molecule is Cc1nc2ccc(C(=O)NCCCN3C[C@H](C)C[C@@H](C)C3)cc2[nH]1. The maximum atomic E-state index is 12.3. The Morgan fingerprint density at radius 3 is 2.83 bits per heavy atom. The topological polar surface area (TPSA) is 61.0 Å². The Morgan fingerprint density at radius 2 is 2.08 bits per heavy atom. The molecule has 0 radical (unpaired) electrons. The number of likely N-dealkylation sites (tertiary alicyclic amines) is 1. The average molecular weight is 328 g/mol. The van der Waals surface area contributed by atoms with Crippen molar-refractivity contribution in [2.45, 2.75) is 33.6 Å². The lowest BCUT2D eigenvalue weighted by atomic mass is 9.92. The number of carbonyl (C=O) groups is 1. The fourth-order valence-electron chi connectivity index (χ4n) is 3.86. The molecule has 2 aromatic rings. The molecule has 1 aliphatic heterocycles. The normalized spacial score (nSPS) is 22.0. The molecule has 24 heavy (non-hydrogen) atoms. The minimum absolute atomic E-state index is 0.00969. The van der Waals surface area contributed by atoms with Crippen LogP contribution < -0.4 is 5.32 Å². The number of nitrogens with zero attached hydrogens (tertiary/aromatic N) is 2. The van der Waals surface area contributed by atoms with Crippen molar-refractivity contribution in [1.82, 2.24) is 20.2 Å². The van der Waals surface area contributed by atoms with Gasteiger partial charge in [0.1, 0.15) is 5.82 Å². The van der Waals surface area contributed by atoms with Crippen molar-refractivity contribution in [2.24, 2.45) is 11.8 Å². The highest BCUT2D eigenvalue weighted by Gasteiger charge is 2.21. The van der Waals surface area contributed by atoms with Crippen LogP contribution in [0.2, 0.25) is 0 Å². The number of imidazole rings is 1. The van der Waals surface area contributed by atoms with Gasteiger partial charge in [-0.3, -0.25) is 4.79 Å².